The van der Waals surface area contributed by atoms with E-state index in [1.807, 2.05) is 0 Å². The minimum Gasteiger partial charge on any atom is -0.481 e. The van der Waals surface area contributed by atoms with Crippen LogP contribution in [0.1, 0.15) is 27.2 Å². The summed E-state index contributed by atoms with van der Waals surface area (Å²) in [6, 6.07) is 0. The molecule has 0 aromatic carbocycles. The van der Waals surface area contributed by atoms with Gasteiger partial charge in [0.05, 0.1) is 18.6 Å². The fourth-order valence-electron chi connectivity index (χ4n) is 0.802. The molecule has 0 aliphatic carbocycles. The minimum atomic E-state index is -1.03. The van der Waals surface area contributed by atoms with Gasteiger partial charge in [0.25, 0.3) is 0 Å². The Morgan fingerprint density at radius 3 is 2.29 bits per heavy atom. The maximum absolute atomic E-state index is 10.2. The van der Waals surface area contributed by atoms with Crippen molar-refractivity contribution in [1.82, 2.24) is 5.32 Å². The van der Waals surface area contributed by atoms with Gasteiger partial charge in [-0.2, -0.15) is 0 Å². The molecule has 0 bridgehead atoms. The third-order valence-electron chi connectivity index (χ3n) is 2.25. The van der Waals surface area contributed by atoms with Crippen LogP contribution in [0.25, 0.3) is 0 Å². The van der Waals surface area contributed by atoms with Crippen molar-refractivity contribution in [3.63, 3.8) is 0 Å². The lowest BCUT2D eigenvalue weighted by Crippen LogP contribution is -2.50. The van der Waals surface area contributed by atoms with Gasteiger partial charge in [-0.05, 0) is 20.8 Å². The zero-order chi connectivity index (χ0) is 11.4. The maximum Gasteiger partial charge on any atom is 0.306 e. The molecule has 0 aromatic rings. The monoisotopic (exact) mass is 205 g/mol. The van der Waals surface area contributed by atoms with Crippen LogP contribution in [0.3, 0.4) is 0 Å². The average Bonchev–Trinajstić information content (AvgIpc) is 1.99. The summed E-state index contributed by atoms with van der Waals surface area (Å²) in [6.45, 7) is 5.36. The van der Waals surface area contributed by atoms with Crippen LogP contribution in [0.4, 0.5) is 0 Å². The van der Waals surface area contributed by atoms with E-state index >= 15 is 0 Å². The summed E-state index contributed by atoms with van der Waals surface area (Å²) >= 11 is 0. The SMILES string of the molecule is CC(O)C(C)(C)NCC(O)CC(=O)O. The van der Waals surface area contributed by atoms with Gasteiger partial charge < -0.3 is 20.6 Å². The number of hydrogen-bond donors (Lipinski definition) is 4. The van der Waals surface area contributed by atoms with Gasteiger partial charge in [0.15, 0.2) is 0 Å². The minimum absolute atomic E-state index is 0.157. The number of aliphatic hydroxyl groups is 2. The highest BCUT2D eigenvalue weighted by molar-refractivity contribution is 5.67. The molecule has 0 fully saturated rings. The van der Waals surface area contributed by atoms with E-state index in [9.17, 15) is 15.0 Å². The summed E-state index contributed by atoms with van der Waals surface area (Å²) in [5, 5.41) is 29.8. The molecule has 0 saturated carbocycles. The third-order valence-corrected chi connectivity index (χ3v) is 2.25. The molecule has 0 saturated heterocycles. The van der Waals surface area contributed by atoms with E-state index in [1.54, 1.807) is 20.8 Å². The highest BCUT2D eigenvalue weighted by Gasteiger charge is 2.24. The van der Waals surface area contributed by atoms with Gasteiger partial charge in [-0.15, -0.1) is 0 Å². The van der Waals surface area contributed by atoms with Crippen LogP contribution < -0.4 is 5.32 Å². The van der Waals surface area contributed by atoms with E-state index in [0.717, 1.165) is 0 Å². The molecular weight excluding hydrogens is 186 g/mol. The van der Waals surface area contributed by atoms with E-state index in [0.29, 0.717) is 0 Å². The lowest BCUT2D eigenvalue weighted by molar-refractivity contribution is -0.139. The normalized spacial score (nSPS) is 16.4. The average molecular weight is 205 g/mol. The van der Waals surface area contributed by atoms with Gasteiger partial charge in [0.1, 0.15) is 0 Å². The summed E-state index contributed by atoms with van der Waals surface area (Å²) in [5.41, 5.74) is -0.528. The maximum atomic E-state index is 10.2. The van der Waals surface area contributed by atoms with Crippen LogP contribution in [0.15, 0.2) is 0 Å². The number of β-amino-alcohol motifs (C(OH)–C–C–N with tert-alkyl or cyclic N) is 1. The van der Waals surface area contributed by atoms with Crippen molar-refractivity contribution in [2.24, 2.45) is 0 Å². The van der Waals surface area contributed by atoms with Gasteiger partial charge in [-0.25, -0.2) is 0 Å². The van der Waals surface area contributed by atoms with Crippen LogP contribution in [0.2, 0.25) is 0 Å². The lowest BCUT2D eigenvalue weighted by Gasteiger charge is -2.30. The van der Waals surface area contributed by atoms with Crippen molar-refractivity contribution in [1.29, 1.82) is 0 Å². The molecule has 4 N–H and O–H groups in total. The van der Waals surface area contributed by atoms with E-state index in [1.165, 1.54) is 0 Å². The molecule has 84 valence electrons. The molecule has 0 aliphatic heterocycles. The highest BCUT2D eigenvalue weighted by Crippen LogP contribution is 2.08. The van der Waals surface area contributed by atoms with Crippen LogP contribution in [0.5, 0.6) is 0 Å². The van der Waals surface area contributed by atoms with Crippen molar-refractivity contribution >= 4 is 5.97 Å². The Morgan fingerprint density at radius 1 is 1.43 bits per heavy atom. The van der Waals surface area contributed by atoms with Crippen LogP contribution in [-0.4, -0.2) is 45.6 Å². The van der Waals surface area contributed by atoms with Crippen molar-refractivity contribution < 1.29 is 20.1 Å². The Labute approximate surface area is 83.8 Å². The zero-order valence-electron chi connectivity index (χ0n) is 8.82. The van der Waals surface area contributed by atoms with E-state index in [4.69, 9.17) is 5.11 Å². The third kappa shape index (κ3) is 5.16. The molecule has 0 aromatic heterocycles. The number of hydrogen-bond acceptors (Lipinski definition) is 4. The van der Waals surface area contributed by atoms with Crippen LogP contribution in [-0.2, 0) is 4.79 Å². The fourth-order valence-corrected chi connectivity index (χ4v) is 0.802. The Kier molecular flexibility index (Phi) is 5.04. The number of rotatable bonds is 6. The first-order valence-corrected chi connectivity index (χ1v) is 4.58. The zero-order valence-corrected chi connectivity index (χ0v) is 8.82. The standard InChI is InChI=1S/C9H19NO4/c1-6(11)9(2,3)10-5-7(12)4-8(13)14/h6-7,10-12H,4-5H2,1-3H3,(H,13,14). The van der Waals surface area contributed by atoms with E-state index < -0.39 is 23.7 Å². The largest absolute Gasteiger partial charge is 0.481 e. The summed E-state index contributed by atoms with van der Waals surface area (Å²) in [4.78, 5) is 10.2. The van der Waals surface area contributed by atoms with E-state index in [2.05, 4.69) is 5.32 Å². The second kappa shape index (κ2) is 5.29. The van der Waals surface area contributed by atoms with Gasteiger partial charge in [-0.3, -0.25) is 4.79 Å². The molecule has 0 aliphatic rings. The first-order chi connectivity index (χ1) is 6.25. The van der Waals surface area contributed by atoms with Crippen LogP contribution in [0, 0.1) is 0 Å². The Hall–Kier alpha value is -0.650. The van der Waals surface area contributed by atoms with Gasteiger partial charge in [-0.1, -0.05) is 0 Å². The van der Waals surface area contributed by atoms with Crippen LogP contribution >= 0.6 is 0 Å². The molecular formula is C9H19NO4. The Morgan fingerprint density at radius 2 is 1.93 bits per heavy atom. The second-order valence-electron chi connectivity index (χ2n) is 4.03. The van der Waals surface area contributed by atoms with Crippen molar-refractivity contribution in [3.05, 3.63) is 0 Å². The summed E-state index contributed by atoms with van der Waals surface area (Å²) in [7, 11) is 0. The summed E-state index contributed by atoms with van der Waals surface area (Å²) in [6.07, 6.45) is -1.78. The molecule has 0 rings (SSSR count). The number of nitrogens with one attached hydrogen (secondary N) is 1. The topological polar surface area (TPSA) is 89.8 Å². The molecule has 0 amide bonds. The lowest BCUT2D eigenvalue weighted by atomic mass is 9.98. The number of aliphatic hydroxyl groups excluding tert-OH is 2. The molecule has 0 radical (unpaired) electrons. The first kappa shape index (κ1) is 13.4. The number of aliphatic carboxylic acids is 1. The summed E-state index contributed by atoms with van der Waals surface area (Å²) < 4.78 is 0. The molecule has 0 spiro atoms. The quantitative estimate of drug-likeness (QED) is 0.472. The molecule has 2 unspecified atom stereocenters. The highest BCUT2D eigenvalue weighted by atomic mass is 16.4. The second-order valence-corrected chi connectivity index (χ2v) is 4.03. The number of carboxylic acid groups (broad SMARTS) is 1. The van der Waals surface area contributed by atoms with Gasteiger partial charge in [0, 0.05) is 12.1 Å². The van der Waals surface area contributed by atoms with Crippen molar-refractivity contribution in [2.45, 2.75) is 44.9 Å². The Balaban J connectivity index is 3.87. The molecule has 2 atom stereocenters. The first-order valence-electron chi connectivity index (χ1n) is 4.58. The fraction of sp³-hybridized carbons (Fsp3) is 0.889. The van der Waals surface area contributed by atoms with Gasteiger partial charge >= 0.3 is 5.97 Å². The molecule has 14 heavy (non-hydrogen) atoms. The Bertz CT molecular complexity index is 191. The van der Waals surface area contributed by atoms with Crippen molar-refractivity contribution in [2.75, 3.05) is 6.54 Å². The van der Waals surface area contributed by atoms with Crippen molar-refractivity contribution in [3.8, 4) is 0 Å². The predicted molar refractivity (Wildman–Crippen MR) is 52.0 cm³/mol. The summed E-state index contributed by atoms with van der Waals surface area (Å²) in [5.74, 6) is -1.03. The predicted octanol–water partition coefficient (Wildman–Crippen LogP) is -0.429. The smallest absolute Gasteiger partial charge is 0.306 e. The molecule has 0 heterocycles. The van der Waals surface area contributed by atoms with E-state index in [-0.39, 0.29) is 13.0 Å². The molecule has 5 nitrogen and oxygen atoms in total. The number of carboxylic acids is 1. The van der Waals surface area contributed by atoms with Gasteiger partial charge in [0.2, 0.25) is 0 Å². The molecule has 5 heteroatoms. The number of carbonyl (C=O) groups is 1.